The summed E-state index contributed by atoms with van der Waals surface area (Å²) in [5.74, 6) is 0.424. The maximum atomic E-state index is 13.2. The van der Waals surface area contributed by atoms with Crippen molar-refractivity contribution in [2.75, 3.05) is 0 Å². The van der Waals surface area contributed by atoms with E-state index in [9.17, 15) is 9.50 Å². The van der Waals surface area contributed by atoms with Crippen LogP contribution in [0.5, 0.6) is 5.75 Å². The van der Waals surface area contributed by atoms with Crippen molar-refractivity contribution in [3.8, 4) is 5.75 Å². The number of aliphatic hydroxyl groups excluding tert-OH is 1. The molecule has 0 saturated carbocycles. The molecule has 1 heterocycles. The van der Waals surface area contributed by atoms with E-state index in [2.05, 4.69) is 15.9 Å². The Hall–Kier alpha value is -1.39. The van der Waals surface area contributed by atoms with Crippen molar-refractivity contribution in [3.05, 3.63) is 63.4 Å². The highest BCUT2D eigenvalue weighted by molar-refractivity contribution is 9.10. The van der Waals surface area contributed by atoms with Crippen molar-refractivity contribution in [2.45, 2.75) is 25.6 Å². The molecule has 0 amide bonds. The number of benzene rings is 2. The first-order valence-electron chi connectivity index (χ1n) is 6.45. The lowest BCUT2D eigenvalue weighted by Gasteiger charge is -2.30. The van der Waals surface area contributed by atoms with Crippen LogP contribution in [0.1, 0.15) is 35.3 Å². The SMILES string of the molecule is Cc1cc(F)ccc1C1C[C@@H](O)c2cc(Br)ccc2O1. The van der Waals surface area contributed by atoms with Gasteiger partial charge >= 0.3 is 0 Å². The minimum absolute atomic E-state index is 0.251. The predicted molar refractivity (Wildman–Crippen MR) is 78.2 cm³/mol. The van der Waals surface area contributed by atoms with Crippen LogP contribution in [-0.2, 0) is 0 Å². The highest BCUT2D eigenvalue weighted by Crippen LogP contribution is 2.42. The number of hydrogen-bond donors (Lipinski definition) is 1. The van der Waals surface area contributed by atoms with Crippen LogP contribution in [0.3, 0.4) is 0 Å². The fourth-order valence-corrected chi connectivity index (χ4v) is 2.99. The standard InChI is InChI=1S/C16H14BrFO2/c1-9-6-11(18)3-4-12(9)16-8-14(19)13-7-10(17)2-5-15(13)20-16/h2-7,14,16,19H,8H2,1H3/t14-,16?/m1/s1. The van der Waals surface area contributed by atoms with Gasteiger partial charge in [0.15, 0.2) is 0 Å². The molecule has 0 aliphatic carbocycles. The molecular formula is C16H14BrFO2. The molecular weight excluding hydrogens is 323 g/mol. The van der Waals surface area contributed by atoms with Crippen LogP contribution in [0.15, 0.2) is 40.9 Å². The minimum Gasteiger partial charge on any atom is -0.485 e. The number of fused-ring (bicyclic) bond motifs is 1. The van der Waals surface area contributed by atoms with E-state index in [0.29, 0.717) is 12.2 Å². The summed E-state index contributed by atoms with van der Waals surface area (Å²) in [6.45, 7) is 1.85. The zero-order valence-corrected chi connectivity index (χ0v) is 12.5. The lowest BCUT2D eigenvalue weighted by molar-refractivity contribution is 0.0653. The molecule has 0 saturated heterocycles. The van der Waals surface area contributed by atoms with Crippen LogP contribution in [0.2, 0.25) is 0 Å². The lowest BCUT2D eigenvalue weighted by atomic mass is 9.93. The maximum Gasteiger partial charge on any atom is 0.127 e. The first-order chi connectivity index (χ1) is 9.54. The molecule has 1 aliphatic heterocycles. The third-order valence-electron chi connectivity index (χ3n) is 3.62. The Morgan fingerprint density at radius 3 is 2.75 bits per heavy atom. The van der Waals surface area contributed by atoms with Gasteiger partial charge in [0.05, 0.1) is 6.10 Å². The molecule has 3 rings (SSSR count). The van der Waals surface area contributed by atoms with Crippen molar-refractivity contribution in [1.82, 2.24) is 0 Å². The molecule has 2 aromatic rings. The highest BCUT2D eigenvalue weighted by atomic mass is 79.9. The van der Waals surface area contributed by atoms with E-state index < -0.39 is 6.10 Å². The van der Waals surface area contributed by atoms with Gasteiger partial charge in [-0.3, -0.25) is 0 Å². The molecule has 2 nitrogen and oxygen atoms in total. The van der Waals surface area contributed by atoms with Crippen LogP contribution < -0.4 is 4.74 Å². The molecule has 0 aromatic heterocycles. The molecule has 2 aromatic carbocycles. The summed E-state index contributed by atoms with van der Waals surface area (Å²) in [5, 5.41) is 10.3. The van der Waals surface area contributed by atoms with Gasteiger partial charge in [0.25, 0.3) is 0 Å². The Morgan fingerprint density at radius 2 is 2.00 bits per heavy atom. The zero-order chi connectivity index (χ0) is 14.3. The second-order valence-corrected chi connectivity index (χ2v) is 5.96. The Labute approximate surface area is 125 Å². The van der Waals surface area contributed by atoms with Gasteiger partial charge in [0, 0.05) is 16.5 Å². The Bertz CT molecular complexity index is 657. The van der Waals surface area contributed by atoms with Gasteiger partial charge in [-0.15, -0.1) is 0 Å². The molecule has 2 atom stereocenters. The molecule has 1 N–H and O–H groups in total. The van der Waals surface area contributed by atoms with Crippen LogP contribution >= 0.6 is 15.9 Å². The Kier molecular flexibility index (Phi) is 3.52. The molecule has 20 heavy (non-hydrogen) atoms. The summed E-state index contributed by atoms with van der Waals surface area (Å²) >= 11 is 3.39. The highest BCUT2D eigenvalue weighted by Gasteiger charge is 2.29. The third kappa shape index (κ3) is 2.45. The minimum atomic E-state index is -0.578. The van der Waals surface area contributed by atoms with Gasteiger partial charge in [0.1, 0.15) is 17.7 Å². The molecule has 0 radical (unpaired) electrons. The summed E-state index contributed by atoms with van der Waals surface area (Å²) in [6.07, 6.45) is -0.361. The van der Waals surface area contributed by atoms with E-state index in [4.69, 9.17) is 4.74 Å². The summed E-state index contributed by atoms with van der Waals surface area (Å²) in [7, 11) is 0. The van der Waals surface area contributed by atoms with E-state index in [1.807, 2.05) is 25.1 Å². The van der Waals surface area contributed by atoms with Gasteiger partial charge in [0.2, 0.25) is 0 Å². The summed E-state index contributed by atoms with van der Waals surface area (Å²) in [4.78, 5) is 0. The molecule has 4 heteroatoms. The number of rotatable bonds is 1. The molecule has 1 aliphatic rings. The van der Waals surface area contributed by atoms with E-state index >= 15 is 0 Å². The van der Waals surface area contributed by atoms with Gasteiger partial charge < -0.3 is 9.84 Å². The van der Waals surface area contributed by atoms with E-state index in [0.717, 1.165) is 21.2 Å². The quantitative estimate of drug-likeness (QED) is 0.833. The second-order valence-electron chi connectivity index (χ2n) is 5.04. The van der Waals surface area contributed by atoms with Crippen LogP contribution in [-0.4, -0.2) is 5.11 Å². The number of hydrogen-bond acceptors (Lipinski definition) is 2. The van der Waals surface area contributed by atoms with E-state index in [-0.39, 0.29) is 11.9 Å². The normalized spacial score (nSPS) is 21.2. The van der Waals surface area contributed by atoms with Crippen molar-refractivity contribution in [2.24, 2.45) is 0 Å². The van der Waals surface area contributed by atoms with Gasteiger partial charge in [-0.2, -0.15) is 0 Å². The fourth-order valence-electron chi connectivity index (χ4n) is 2.61. The zero-order valence-electron chi connectivity index (χ0n) is 10.9. The largest absolute Gasteiger partial charge is 0.485 e. The van der Waals surface area contributed by atoms with E-state index in [1.54, 1.807) is 6.07 Å². The Morgan fingerprint density at radius 1 is 1.20 bits per heavy atom. The smallest absolute Gasteiger partial charge is 0.127 e. The maximum absolute atomic E-state index is 13.2. The number of halogens is 2. The molecule has 104 valence electrons. The lowest BCUT2D eigenvalue weighted by Crippen LogP contribution is -2.19. The summed E-state index contributed by atoms with van der Waals surface area (Å²) in [5.41, 5.74) is 2.54. The van der Waals surface area contributed by atoms with Crippen molar-refractivity contribution in [3.63, 3.8) is 0 Å². The van der Waals surface area contributed by atoms with Crippen LogP contribution in [0, 0.1) is 12.7 Å². The average molecular weight is 337 g/mol. The van der Waals surface area contributed by atoms with Crippen LogP contribution in [0.25, 0.3) is 0 Å². The molecule has 0 fully saturated rings. The average Bonchev–Trinajstić information content (AvgIpc) is 2.39. The molecule has 0 spiro atoms. The number of aliphatic hydroxyl groups is 1. The second kappa shape index (κ2) is 5.19. The first kappa shape index (κ1) is 13.6. The van der Waals surface area contributed by atoms with Gasteiger partial charge in [-0.05, 0) is 48.4 Å². The van der Waals surface area contributed by atoms with Crippen molar-refractivity contribution in [1.29, 1.82) is 0 Å². The van der Waals surface area contributed by atoms with Crippen molar-refractivity contribution >= 4 is 15.9 Å². The van der Waals surface area contributed by atoms with Crippen LogP contribution in [0.4, 0.5) is 4.39 Å². The van der Waals surface area contributed by atoms with Crippen molar-refractivity contribution < 1.29 is 14.2 Å². The Balaban J connectivity index is 1.97. The van der Waals surface area contributed by atoms with Gasteiger partial charge in [-0.1, -0.05) is 22.0 Å². The topological polar surface area (TPSA) is 29.5 Å². The molecule has 1 unspecified atom stereocenters. The fraction of sp³-hybridized carbons (Fsp3) is 0.250. The monoisotopic (exact) mass is 336 g/mol. The first-order valence-corrected chi connectivity index (χ1v) is 7.24. The number of aryl methyl sites for hydroxylation is 1. The summed E-state index contributed by atoms with van der Waals surface area (Å²) < 4.78 is 20.1. The number of ether oxygens (including phenoxy) is 1. The van der Waals surface area contributed by atoms with E-state index in [1.165, 1.54) is 12.1 Å². The predicted octanol–water partition coefficient (Wildman–Crippen LogP) is 4.45. The van der Waals surface area contributed by atoms with Gasteiger partial charge in [-0.25, -0.2) is 4.39 Å². The summed E-state index contributed by atoms with van der Waals surface area (Å²) in [6, 6.07) is 10.2. The third-order valence-corrected chi connectivity index (χ3v) is 4.11. The molecule has 0 bridgehead atoms.